The number of halogens is 2. The van der Waals surface area contributed by atoms with Crippen molar-refractivity contribution in [2.45, 2.75) is 18.3 Å². The fourth-order valence-electron chi connectivity index (χ4n) is 2.07. The third kappa shape index (κ3) is 1.67. The molecule has 0 radical (unpaired) electrons. The van der Waals surface area contributed by atoms with E-state index in [1.165, 1.54) is 12.1 Å². The molecule has 1 aliphatic rings. The standard InChI is InChI=1S/C12H16F2N2/c1-16(2)11-6-10(14)9(13)5-8(11)12(7-15)3-4-12/h5-6H,3-4,7,15H2,1-2H3. The Kier molecular flexibility index (Phi) is 2.62. The highest BCUT2D eigenvalue weighted by Gasteiger charge is 2.45. The summed E-state index contributed by atoms with van der Waals surface area (Å²) in [5.74, 6) is -1.60. The minimum absolute atomic E-state index is 0.131. The molecule has 1 saturated carbocycles. The van der Waals surface area contributed by atoms with Gasteiger partial charge in [-0.05, 0) is 24.5 Å². The van der Waals surface area contributed by atoms with Gasteiger partial charge in [0.25, 0.3) is 0 Å². The number of hydrogen-bond acceptors (Lipinski definition) is 2. The van der Waals surface area contributed by atoms with E-state index in [4.69, 9.17) is 5.73 Å². The quantitative estimate of drug-likeness (QED) is 0.854. The van der Waals surface area contributed by atoms with E-state index in [-0.39, 0.29) is 5.41 Å². The normalized spacial score (nSPS) is 17.3. The molecule has 0 atom stereocenters. The Labute approximate surface area is 94.0 Å². The SMILES string of the molecule is CN(C)c1cc(F)c(F)cc1C1(CN)CC1. The van der Waals surface area contributed by atoms with Crippen molar-refractivity contribution in [2.75, 3.05) is 25.5 Å². The first kappa shape index (κ1) is 11.3. The molecule has 88 valence electrons. The Morgan fingerprint density at radius 2 is 1.81 bits per heavy atom. The van der Waals surface area contributed by atoms with Crippen LogP contribution in [0.4, 0.5) is 14.5 Å². The predicted molar refractivity (Wildman–Crippen MR) is 60.7 cm³/mol. The fraction of sp³-hybridized carbons (Fsp3) is 0.500. The second-order valence-corrected chi connectivity index (χ2v) is 4.66. The first-order chi connectivity index (χ1) is 7.50. The van der Waals surface area contributed by atoms with Crippen molar-refractivity contribution < 1.29 is 8.78 Å². The Bertz CT molecular complexity index is 412. The molecule has 0 heterocycles. The fourth-order valence-corrected chi connectivity index (χ4v) is 2.07. The lowest BCUT2D eigenvalue weighted by molar-refractivity contribution is 0.504. The first-order valence-corrected chi connectivity index (χ1v) is 5.37. The molecule has 4 heteroatoms. The largest absolute Gasteiger partial charge is 0.377 e. The summed E-state index contributed by atoms with van der Waals surface area (Å²) in [5, 5.41) is 0. The number of rotatable bonds is 3. The van der Waals surface area contributed by atoms with Crippen LogP contribution in [-0.4, -0.2) is 20.6 Å². The molecule has 2 nitrogen and oxygen atoms in total. The van der Waals surface area contributed by atoms with Crippen molar-refractivity contribution >= 4 is 5.69 Å². The summed E-state index contributed by atoms with van der Waals surface area (Å²) in [4.78, 5) is 1.80. The molecule has 0 spiro atoms. The highest BCUT2D eigenvalue weighted by atomic mass is 19.2. The molecule has 0 amide bonds. The average molecular weight is 226 g/mol. The van der Waals surface area contributed by atoms with Gasteiger partial charge in [-0.1, -0.05) is 0 Å². The Morgan fingerprint density at radius 1 is 1.25 bits per heavy atom. The molecule has 0 aromatic heterocycles. The summed E-state index contributed by atoms with van der Waals surface area (Å²) in [6.45, 7) is 0.485. The van der Waals surface area contributed by atoms with Gasteiger partial charge in [-0.3, -0.25) is 0 Å². The number of hydrogen-bond donors (Lipinski definition) is 1. The van der Waals surface area contributed by atoms with Crippen LogP contribution in [0.1, 0.15) is 18.4 Å². The second kappa shape index (κ2) is 3.70. The van der Waals surface area contributed by atoms with Crippen molar-refractivity contribution in [1.82, 2.24) is 0 Å². The number of nitrogens with zero attached hydrogens (tertiary/aromatic N) is 1. The van der Waals surface area contributed by atoms with Crippen molar-refractivity contribution in [3.05, 3.63) is 29.3 Å². The van der Waals surface area contributed by atoms with E-state index in [1.54, 1.807) is 4.90 Å². The van der Waals surface area contributed by atoms with E-state index in [0.717, 1.165) is 24.1 Å². The van der Waals surface area contributed by atoms with E-state index < -0.39 is 11.6 Å². The molecule has 1 fully saturated rings. The summed E-state index contributed by atoms with van der Waals surface area (Å²) in [6.07, 6.45) is 1.91. The van der Waals surface area contributed by atoms with E-state index >= 15 is 0 Å². The number of anilines is 1. The zero-order valence-corrected chi connectivity index (χ0v) is 9.56. The molecule has 2 rings (SSSR count). The van der Waals surface area contributed by atoms with Gasteiger partial charge in [0, 0.05) is 37.8 Å². The summed E-state index contributed by atoms with van der Waals surface area (Å²) in [7, 11) is 3.64. The third-order valence-corrected chi connectivity index (χ3v) is 3.34. The molecule has 0 saturated heterocycles. The van der Waals surface area contributed by atoms with E-state index in [9.17, 15) is 8.78 Å². The Morgan fingerprint density at radius 3 is 2.25 bits per heavy atom. The Balaban J connectivity index is 2.54. The molecule has 1 aliphatic carbocycles. The lowest BCUT2D eigenvalue weighted by Crippen LogP contribution is -2.24. The van der Waals surface area contributed by atoms with Crippen LogP contribution in [0.5, 0.6) is 0 Å². The van der Waals surface area contributed by atoms with Gasteiger partial charge in [0.15, 0.2) is 11.6 Å². The zero-order chi connectivity index (χ0) is 11.9. The van der Waals surface area contributed by atoms with E-state index in [0.29, 0.717) is 6.54 Å². The maximum absolute atomic E-state index is 13.3. The zero-order valence-electron chi connectivity index (χ0n) is 9.56. The number of nitrogens with two attached hydrogens (primary N) is 1. The van der Waals surface area contributed by atoms with Crippen LogP contribution >= 0.6 is 0 Å². The average Bonchev–Trinajstić information content (AvgIpc) is 3.02. The van der Waals surface area contributed by atoms with Gasteiger partial charge >= 0.3 is 0 Å². The van der Waals surface area contributed by atoms with Crippen molar-refractivity contribution in [2.24, 2.45) is 5.73 Å². The van der Waals surface area contributed by atoms with Gasteiger partial charge in [-0.15, -0.1) is 0 Å². The smallest absolute Gasteiger partial charge is 0.160 e. The van der Waals surface area contributed by atoms with Crippen molar-refractivity contribution in [3.8, 4) is 0 Å². The van der Waals surface area contributed by atoms with Gasteiger partial charge in [0.1, 0.15) is 0 Å². The van der Waals surface area contributed by atoms with Crippen LogP contribution in [0.25, 0.3) is 0 Å². The van der Waals surface area contributed by atoms with Crippen LogP contribution in [0.15, 0.2) is 12.1 Å². The monoisotopic (exact) mass is 226 g/mol. The highest BCUT2D eigenvalue weighted by Crippen LogP contribution is 2.50. The minimum Gasteiger partial charge on any atom is -0.377 e. The highest BCUT2D eigenvalue weighted by molar-refractivity contribution is 5.58. The molecular weight excluding hydrogens is 210 g/mol. The minimum atomic E-state index is -0.805. The van der Waals surface area contributed by atoms with Crippen molar-refractivity contribution in [1.29, 1.82) is 0 Å². The van der Waals surface area contributed by atoms with Gasteiger partial charge in [-0.2, -0.15) is 0 Å². The first-order valence-electron chi connectivity index (χ1n) is 5.37. The van der Waals surface area contributed by atoms with Crippen LogP contribution in [0, 0.1) is 11.6 Å². The van der Waals surface area contributed by atoms with Gasteiger partial charge < -0.3 is 10.6 Å². The van der Waals surface area contributed by atoms with Crippen LogP contribution in [0.3, 0.4) is 0 Å². The molecule has 0 aliphatic heterocycles. The lowest BCUT2D eigenvalue weighted by atomic mass is 9.93. The molecule has 0 unspecified atom stereocenters. The molecule has 16 heavy (non-hydrogen) atoms. The summed E-state index contributed by atoms with van der Waals surface area (Å²) < 4.78 is 26.5. The van der Waals surface area contributed by atoms with E-state index in [1.807, 2.05) is 14.1 Å². The molecular formula is C12H16F2N2. The van der Waals surface area contributed by atoms with Gasteiger partial charge in [0.05, 0.1) is 0 Å². The Hall–Kier alpha value is -1.16. The topological polar surface area (TPSA) is 29.3 Å². The van der Waals surface area contributed by atoms with Crippen LogP contribution in [-0.2, 0) is 5.41 Å². The molecule has 2 N–H and O–H groups in total. The van der Waals surface area contributed by atoms with Crippen molar-refractivity contribution in [3.63, 3.8) is 0 Å². The second-order valence-electron chi connectivity index (χ2n) is 4.66. The third-order valence-electron chi connectivity index (χ3n) is 3.34. The maximum atomic E-state index is 13.3. The number of benzene rings is 1. The summed E-state index contributed by atoms with van der Waals surface area (Å²) in [5.41, 5.74) is 7.15. The van der Waals surface area contributed by atoms with Crippen LogP contribution in [0.2, 0.25) is 0 Å². The van der Waals surface area contributed by atoms with E-state index in [2.05, 4.69) is 0 Å². The molecule has 0 bridgehead atoms. The van der Waals surface area contributed by atoms with Crippen LogP contribution < -0.4 is 10.6 Å². The maximum Gasteiger partial charge on any atom is 0.160 e. The van der Waals surface area contributed by atoms with Gasteiger partial charge in [-0.25, -0.2) is 8.78 Å². The molecule has 1 aromatic carbocycles. The summed E-state index contributed by atoms with van der Waals surface area (Å²) in [6, 6.07) is 2.55. The lowest BCUT2D eigenvalue weighted by Gasteiger charge is -2.23. The molecule has 1 aromatic rings. The summed E-state index contributed by atoms with van der Waals surface area (Å²) >= 11 is 0. The predicted octanol–water partition coefficient (Wildman–Crippen LogP) is 2.02. The van der Waals surface area contributed by atoms with Gasteiger partial charge in [0.2, 0.25) is 0 Å².